The van der Waals surface area contributed by atoms with Crippen molar-refractivity contribution in [3.05, 3.63) is 35.7 Å². The van der Waals surface area contributed by atoms with E-state index in [4.69, 9.17) is 5.73 Å². The highest BCUT2D eigenvalue weighted by molar-refractivity contribution is 5.76. The number of anilines is 4. The van der Waals surface area contributed by atoms with Gasteiger partial charge in [0, 0.05) is 45.0 Å². The van der Waals surface area contributed by atoms with Gasteiger partial charge in [0.25, 0.3) is 0 Å². The Morgan fingerprint density at radius 3 is 2.31 bits per heavy atom. The summed E-state index contributed by atoms with van der Waals surface area (Å²) in [4.78, 5) is 15.8. The fraction of sp³-hybridized carbons (Fsp3) is 0.500. The summed E-state index contributed by atoms with van der Waals surface area (Å²) in [5.41, 5.74) is 11.2. The molecule has 0 aliphatic carbocycles. The van der Waals surface area contributed by atoms with Crippen LogP contribution in [0.5, 0.6) is 0 Å². The molecule has 1 saturated heterocycles. The third-order valence-electron chi connectivity index (χ3n) is 5.40. The summed E-state index contributed by atoms with van der Waals surface area (Å²) < 4.78 is 0. The van der Waals surface area contributed by atoms with Crippen LogP contribution in [0.25, 0.3) is 0 Å². The summed E-state index contributed by atoms with van der Waals surface area (Å²) in [6.07, 6.45) is 1.64. The van der Waals surface area contributed by atoms with E-state index < -0.39 is 0 Å². The Kier molecular flexibility index (Phi) is 5.49. The highest BCUT2D eigenvalue weighted by Gasteiger charge is 2.23. The number of nitrogens with two attached hydrogens (primary N) is 1. The van der Waals surface area contributed by atoms with Gasteiger partial charge >= 0.3 is 0 Å². The number of rotatable bonds is 5. The summed E-state index contributed by atoms with van der Waals surface area (Å²) in [5.74, 6) is 1.71. The van der Waals surface area contributed by atoms with Gasteiger partial charge in [-0.15, -0.1) is 0 Å². The van der Waals surface area contributed by atoms with Gasteiger partial charge in [-0.3, -0.25) is 0 Å². The molecule has 6 heteroatoms. The second-order valence-corrected chi connectivity index (χ2v) is 6.80. The molecule has 1 aromatic carbocycles. The smallest absolute Gasteiger partial charge is 0.157 e. The van der Waals surface area contributed by atoms with Crippen molar-refractivity contribution < 1.29 is 0 Å². The number of nitrogen functional groups attached to an aromatic ring is 1. The summed E-state index contributed by atoms with van der Waals surface area (Å²) in [5, 5.41) is 0. The van der Waals surface area contributed by atoms with Gasteiger partial charge in [0.2, 0.25) is 0 Å². The molecule has 0 amide bonds. The first-order valence-corrected chi connectivity index (χ1v) is 9.48. The van der Waals surface area contributed by atoms with E-state index in [9.17, 15) is 0 Å². The van der Waals surface area contributed by atoms with Gasteiger partial charge in [0.15, 0.2) is 11.6 Å². The Hall–Kier alpha value is -2.50. The average molecular weight is 355 g/mol. The zero-order chi connectivity index (χ0) is 18.7. The lowest BCUT2D eigenvalue weighted by Crippen LogP contribution is -2.47. The van der Waals surface area contributed by atoms with Crippen LogP contribution in [0.3, 0.4) is 0 Å². The highest BCUT2D eigenvalue weighted by atomic mass is 15.3. The molecule has 6 nitrogen and oxygen atoms in total. The van der Waals surface area contributed by atoms with Crippen molar-refractivity contribution in [3.8, 4) is 0 Å². The number of piperazine rings is 1. The SMILES string of the molecule is CCN(CC)c1ncnc(N2CCN(c3cccc(C)c3C)CC2)c1N. The molecule has 2 aromatic rings. The van der Waals surface area contributed by atoms with Crippen LogP contribution >= 0.6 is 0 Å². The third-order valence-corrected chi connectivity index (χ3v) is 5.40. The molecule has 0 atom stereocenters. The second-order valence-electron chi connectivity index (χ2n) is 6.80. The molecule has 3 rings (SSSR count). The summed E-state index contributed by atoms with van der Waals surface area (Å²) in [7, 11) is 0. The lowest BCUT2D eigenvalue weighted by atomic mass is 10.1. The van der Waals surface area contributed by atoms with E-state index >= 15 is 0 Å². The average Bonchev–Trinajstić information content (AvgIpc) is 2.66. The van der Waals surface area contributed by atoms with E-state index in [1.165, 1.54) is 16.8 Å². The van der Waals surface area contributed by atoms with Crippen LogP contribution in [0.2, 0.25) is 0 Å². The predicted octanol–water partition coefficient (Wildman–Crippen LogP) is 2.85. The van der Waals surface area contributed by atoms with Gasteiger partial charge in [-0.25, -0.2) is 9.97 Å². The van der Waals surface area contributed by atoms with Gasteiger partial charge in [0.1, 0.15) is 12.0 Å². The minimum Gasteiger partial charge on any atom is -0.393 e. The molecule has 1 aliphatic heterocycles. The van der Waals surface area contributed by atoms with Crippen molar-refractivity contribution in [1.82, 2.24) is 9.97 Å². The summed E-state index contributed by atoms with van der Waals surface area (Å²) in [6, 6.07) is 6.53. The van der Waals surface area contributed by atoms with E-state index in [0.717, 1.165) is 50.9 Å². The van der Waals surface area contributed by atoms with Crippen molar-refractivity contribution >= 4 is 23.0 Å². The zero-order valence-corrected chi connectivity index (χ0v) is 16.4. The minimum atomic E-state index is 0.691. The molecule has 1 aromatic heterocycles. The maximum absolute atomic E-state index is 6.43. The Balaban J connectivity index is 1.76. The van der Waals surface area contributed by atoms with Gasteiger partial charge < -0.3 is 20.4 Å². The first kappa shape index (κ1) is 18.3. The maximum Gasteiger partial charge on any atom is 0.157 e. The minimum absolute atomic E-state index is 0.691. The number of aromatic nitrogens is 2. The van der Waals surface area contributed by atoms with Crippen LogP contribution in [0.15, 0.2) is 24.5 Å². The Morgan fingerprint density at radius 1 is 1.00 bits per heavy atom. The molecule has 1 fully saturated rings. The first-order chi connectivity index (χ1) is 12.6. The lowest BCUT2D eigenvalue weighted by Gasteiger charge is -2.38. The largest absolute Gasteiger partial charge is 0.393 e. The van der Waals surface area contributed by atoms with Gasteiger partial charge in [0.05, 0.1) is 0 Å². The topological polar surface area (TPSA) is 61.5 Å². The number of hydrogen-bond donors (Lipinski definition) is 1. The molecule has 1 aliphatic rings. The van der Waals surface area contributed by atoms with Gasteiger partial charge in [-0.05, 0) is 44.9 Å². The molecule has 0 bridgehead atoms. The van der Waals surface area contributed by atoms with Crippen LogP contribution in [-0.4, -0.2) is 49.2 Å². The lowest BCUT2D eigenvalue weighted by molar-refractivity contribution is 0.646. The number of benzene rings is 1. The molecule has 2 N–H and O–H groups in total. The molecule has 26 heavy (non-hydrogen) atoms. The summed E-state index contributed by atoms with van der Waals surface area (Å²) in [6.45, 7) is 14.1. The fourth-order valence-corrected chi connectivity index (χ4v) is 3.64. The molecule has 140 valence electrons. The Morgan fingerprint density at radius 2 is 1.65 bits per heavy atom. The van der Waals surface area contributed by atoms with Crippen LogP contribution < -0.4 is 20.4 Å². The van der Waals surface area contributed by atoms with Crippen LogP contribution in [-0.2, 0) is 0 Å². The molecular weight excluding hydrogens is 324 g/mol. The molecular formula is C20H30N6. The summed E-state index contributed by atoms with van der Waals surface area (Å²) >= 11 is 0. The highest BCUT2D eigenvalue weighted by Crippen LogP contribution is 2.30. The maximum atomic E-state index is 6.43. The van der Waals surface area contributed by atoms with Gasteiger partial charge in [-0.1, -0.05) is 12.1 Å². The van der Waals surface area contributed by atoms with Crippen LogP contribution in [0.1, 0.15) is 25.0 Å². The van der Waals surface area contributed by atoms with Crippen molar-refractivity contribution in [2.45, 2.75) is 27.7 Å². The van der Waals surface area contributed by atoms with E-state index in [1.807, 2.05) is 0 Å². The standard InChI is InChI=1S/C20H30N6/c1-5-24(6-2)19-18(21)20(23-14-22-19)26-12-10-25(11-13-26)17-9-7-8-15(3)16(17)4/h7-9,14H,5-6,10-13,21H2,1-4H3. The third kappa shape index (κ3) is 3.41. The van der Waals surface area contributed by atoms with Gasteiger partial charge in [-0.2, -0.15) is 0 Å². The Labute approximate surface area is 156 Å². The number of aryl methyl sites for hydroxylation is 1. The van der Waals surface area contributed by atoms with Crippen molar-refractivity contribution in [2.75, 3.05) is 59.7 Å². The molecule has 0 spiro atoms. The van der Waals surface area contributed by atoms with Crippen LogP contribution in [0, 0.1) is 13.8 Å². The number of hydrogen-bond acceptors (Lipinski definition) is 6. The van der Waals surface area contributed by atoms with E-state index in [1.54, 1.807) is 6.33 Å². The quantitative estimate of drug-likeness (QED) is 0.891. The zero-order valence-electron chi connectivity index (χ0n) is 16.4. The van der Waals surface area contributed by atoms with E-state index in [0.29, 0.717) is 5.69 Å². The van der Waals surface area contributed by atoms with Crippen molar-refractivity contribution in [1.29, 1.82) is 0 Å². The van der Waals surface area contributed by atoms with E-state index in [2.05, 4.69) is 70.6 Å². The fourth-order valence-electron chi connectivity index (χ4n) is 3.64. The first-order valence-electron chi connectivity index (χ1n) is 9.48. The molecule has 2 heterocycles. The second kappa shape index (κ2) is 7.81. The van der Waals surface area contributed by atoms with Crippen molar-refractivity contribution in [2.24, 2.45) is 0 Å². The molecule has 0 saturated carbocycles. The van der Waals surface area contributed by atoms with Crippen LogP contribution in [0.4, 0.5) is 23.0 Å². The normalized spacial score (nSPS) is 14.6. The van der Waals surface area contributed by atoms with E-state index in [-0.39, 0.29) is 0 Å². The molecule has 0 unspecified atom stereocenters. The predicted molar refractivity (Wildman–Crippen MR) is 110 cm³/mol. The molecule has 0 radical (unpaired) electrons. The monoisotopic (exact) mass is 354 g/mol. The van der Waals surface area contributed by atoms with Crippen molar-refractivity contribution in [3.63, 3.8) is 0 Å². The number of nitrogens with zero attached hydrogens (tertiary/aromatic N) is 5. The Bertz CT molecular complexity index is 748.